The van der Waals surface area contributed by atoms with Crippen molar-refractivity contribution in [3.8, 4) is 17.0 Å². The topological polar surface area (TPSA) is 58.2 Å². The molecule has 0 bridgehead atoms. The predicted molar refractivity (Wildman–Crippen MR) is 128 cm³/mol. The lowest BCUT2D eigenvalue weighted by Crippen LogP contribution is -2.31. The minimum absolute atomic E-state index is 0.0175. The summed E-state index contributed by atoms with van der Waals surface area (Å²) in [7, 11) is 1.66. The van der Waals surface area contributed by atoms with Crippen LogP contribution < -0.4 is 4.74 Å². The van der Waals surface area contributed by atoms with Crippen molar-refractivity contribution >= 4 is 21.8 Å². The van der Waals surface area contributed by atoms with E-state index in [1.54, 1.807) is 7.11 Å². The summed E-state index contributed by atoms with van der Waals surface area (Å²) >= 11 is 3.52. The number of ether oxygens (including phenoxy) is 1. The Hall–Kier alpha value is -3.38. The van der Waals surface area contributed by atoms with Crippen molar-refractivity contribution in [2.45, 2.75) is 12.5 Å². The molecule has 0 saturated heterocycles. The van der Waals surface area contributed by atoms with Crippen molar-refractivity contribution in [2.75, 3.05) is 13.7 Å². The van der Waals surface area contributed by atoms with Gasteiger partial charge < -0.3 is 9.64 Å². The molecule has 32 heavy (non-hydrogen) atoms. The number of benzene rings is 3. The van der Waals surface area contributed by atoms with E-state index in [0.29, 0.717) is 12.2 Å². The van der Waals surface area contributed by atoms with E-state index < -0.39 is 0 Å². The van der Waals surface area contributed by atoms with E-state index in [2.05, 4.69) is 38.3 Å². The van der Waals surface area contributed by atoms with Gasteiger partial charge in [-0.25, -0.2) is 0 Å². The zero-order valence-corrected chi connectivity index (χ0v) is 19.2. The van der Waals surface area contributed by atoms with Gasteiger partial charge in [-0.3, -0.25) is 9.89 Å². The molecule has 1 N–H and O–H groups in total. The highest BCUT2D eigenvalue weighted by Crippen LogP contribution is 2.42. The van der Waals surface area contributed by atoms with Gasteiger partial charge in [0, 0.05) is 22.1 Å². The Bertz CT molecular complexity index is 1230. The first-order valence-electron chi connectivity index (χ1n) is 10.5. The molecule has 1 unspecified atom stereocenters. The maximum atomic E-state index is 13.4. The first-order valence-corrected chi connectivity index (χ1v) is 11.3. The number of aromatic amines is 1. The summed E-state index contributed by atoms with van der Waals surface area (Å²) in [4.78, 5) is 15.4. The van der Waals surface area contributed by atoms with Crippen molar-refractivity contribution in [2.24, 2.45) is 0 Å². The number of carbonyl (C=O) groups is 1. The average molecular weight is 488 g/mol. The molecule has 1 aromatic heterocycles. The van der Waals surface area contributed by atoms with Crippen molar-refractivity contribution < 1.29 is 9.53 Å². The summed E-state index contributed by atoms with van der Waals surface area (Å²) in [5, 5.41) is 7.55. The molecule has 1 aliphatic heterocycles. The summed E-state index contributed by atoms with van der Waals surface area (Å²) in [5.74, 6) is 0.809. The zero-order valence-electron chi connectivity index (χ0n) is 17.6. The first-order chi connectivity index (χ1) is 15.7. The molecule has 0 fully saturated rings. The van der Waals surface area contributed by atoms with E-state index in [4.69, 9.17) is 4.74 Å². The minimum atomic E-state index is -0.196. The normalized spacial score (nSPS) is 15.1. The Balaban J connectivity index is 1.52. The fourth-order valence-electron chi connectivity index (χ4n) is 4.28. The molecule has 0 spiro atoms. The number of nitrogens with one attached hydrogen (secondary N) is 1. The number of fused-ring (bicyclic) bond motifs is 1. The number of nitrogens with zero attached hydrogens (tertiary/aromatic N) is 2. The summed E-state index contributed by atoms with van der Waals surface area (Å²) in [5.41, 5.74) is 5.56. The van der Waals surface area contributed by atoms with Crippen LogP contribution in [0.4, 0.5) is 0 Å². The summed E-state index contributed by atoms with van der Waals surface area (Å²) in [6, 6.07) is 26.0. The van der Waals surface area contributed by atoms with Crippen LogP contribution in [0.2, 0.25) is 0 Å². The molecule has 0 saturated carbocycles. The summed E-state index contributed by atoms with van der Waals surface area (Å²) < 4.78 is 6.26. The van der Waals surface area contributed by atoms with Crippen LogP contribution in [0, 0.1) is 0 Å². The van der Waals surface area contributed by atoms with Crippen molar-refractivity contribution in [3.63, 3.8) is 0 Å². The van der Waals surface area contributed by atoms with Crippen LogP contribution >= 0.6 is 15.9 Å². The molecule has 5 nitrogen and oxygen atoms in total. The number of carbonyl (C=O) groups excluding carboxylic acids is 1. The standard InChI is InChI=1S/C26H22BrN3O2/c1-32-21-13-7-17(8-14-21)15-16-30-25(19-9-11-20(27)12-10-19)22-23(18-5-3-2-4-6-18)28-29-24(22)26(30)31/h2-14,25H,15-16H2,1H3,(H,28,29). The Morgan fingerprint density at radius 3 is 2.41 bits per heavy atom. The molecule has 5 rings (SSSR count). The Labute approximate surface area is 195 Å². The Kier molecular flexibility index (Phi) is 5.53. The third kappa shape index (κ3) is 3.71. The van der Waals surface area contributed by atoms with Gasteiger partial charge in [0.15, 0.2) is 0 Å². The zero-order chi connectivity index (χ0) is 22.1. The molecule has 4 aromatic rings. The number of methoxy groups -OCH3 is 1. The van der Waals surface area contributed by atoms with Crippen LogP contribution in [0.25, 0.3) is 11.3 Å². The summed E-state index contributed by atoms with van der Waals surface area (Å²) in [6.45, 7) is 0.600. The monoisotopic (exact) mass is 487 g/mol. The maximum absolute atomic E-state index is 13.4. The third-order valence-electron chi connectivity index (χ3n) is 5.90. The van der Waals surface area contributed by atoms with E-state index in [0.717, 1.165) is 44.6 Å². The van der Waals surface area contributed by atoms with E-state index >= 15 is 0 Å². The number of aromatic nitrogens is 2. The van der Waals surface area contributed by atoms with Crippen LogP contribution in [0.15, 0.2) is 83.3 Å². The molecular formula is C26H22BrN3O2. The van der Waals surface area contributed by atoms with E-state index in [1.807, 2.05) is 71.6 Å². The lowest BCUT2D eigenvalue weighted by Gasteiger charge is -2.26. The molecule has 3 aromatic carbocycles. The molecule has 1 atom stereocenters. The third-order valence-corrected chi connectivity index (χ3v) is 6.43. The van der Waals surface area contributed by atoms with Gasteiger partial charge in [0.1, 0.15) is 11.4 Å². The molecule has 0 aliphatic carbocycles. The van der Waals surface area contributed by atoms with Crippen LogP contribution in [0.3, 0.4) is 0 Å². The van der Waals surface area contributed by atoms with Gasteiger partial charge in [-0.05, 0) is 41.8 Å². The highest BCUT2D eigenvalue weighted by Gasteiger charge is 2.41. The van der Waals surface area contributed by atoms with Gasteiger partial charge in [0.05, 0.1) is 18.8 Å². The Morgan fingerprint density at radius 2 is 1.72 bits per heavy atom. The average Bonchev–Trinajstić information content (AvgIpc) is 3.38. The smallest absolute Gasteiger partial charge is 0.273 e. The second-order valence-electron chi connectivity index (χ2n) is 7.78. The van der Waals surface area contributed by atoms with E-state index in [1.165, 1.54) is 0 Å². The number of hydrogen-bond donors (Lipinski definition) is 1. The number of hydrogen-bond acceptors (Lipinski definition) is 3. The molecule has 0 radical (unpaired) electrons. The van der Waals surface area contributed by atoms with Gasteiger partial charge in [-0.1, -0.05) is 70.5 Å². The van der Waals surface area contributed by atoms with Crippen LogP contribution in [-0.2, 0) is 6.42 Å². The van der Waals surface area contributed by atoms with Gasteiger partial charge in [-0.15, -0.1) is 0 Å². The molecule has 160 valence electrons. The van der Waals surface area contributed by atoms with Gasteiger partial charge in [-0.2, -0.15) is 5.10 Å². The Morgan fingerprint density at radius 1 is 1.00 bits per heavy atom. The second kappa shape index (κ2) is 8.63. The van der Waals surface area contributed by atoms with Crippen LogP contribution in [0.5, 0.6) is 5.75 Å². The van der Waals surface area contributed by atoms with Crippen LogP contribution in [0.1, 0.15) is 33.2 Å². The molecule has 1 aliphatic rings. The van der Waals surface area contributed by atoms with Gasteiger partial charge in [0.2, 0.25) is 0 Å². The van der Waals surface area contributed by atoms with E-state index in [9.17, 15) is 4.79 Å². The molecule has 6 heteroatoms. The van der Waals surface area contributed by atoms with Crippen molar-refractivity contribution in [3.05, 3.63) is 106 Å². The van der Waals surface area contributed by atoms with E-state index in [-0.39, 0.29) is 11.9 Å². The molecule has 2 heterocycles. The van der Waals surface area contributed by atoms with Gasteiger partial charge >= 0.3 is 0 Å². The van der Waals surface area contributed by atoms with Crippen molar-refractivity contribution in [1.29, 1.82) is 0 Å². The fourth-order valence-corrected chi connectivity index (χ4v) is 4.54. The minimum Gasteiger partial charge on any atom is -0.497 e. The maximum Gasteiger partial charge on any atom is 0.273 e. The van der Waals surface area contributed by atoms with Crippen molar-refractivity contribution in [1.82, 2.24) is 15.1 Å². The number of H-pyrrole nitrogens is 1. The first kappa shape index (κ1) is 20.5. The number of amides is 1. The number of rotatable bonds is 6. The SMILES string of the molecule is COc1ccc(CCN2C(=O)c3[nH]nc(-c4ccccc4)c3C2c2ccc(Br)cc2)cc1. The molecule has 1 amide bonds. The highest BCUT2D eigenvalue weighted by molar-refractivity contribution is 9.10. The lowest BCUT2D eigenvalue weighted by atomic mass is 9.96. The second-order valence-corrected chi connectivity index (χ2v) is 8.69. The lowest BCUT2D eigenvalue weighted by molar-refractivity contribution is 0.0746. The predicted octanol–water partition coefficient (Wildman–Crippen LogP) is 5.64. The largest absolute Gasteiger partial charge is 0.497 e. The molecular weight excluding hydrogens is 466 g/mol. The quantitative estimate of drug-likeness (QED) is 0.383. The van der Waals surface area contributed by atoms with Crippen LogP contribution in [-0.4, -0.2) is 34.7 Å². The van der Waals surface area contributed by atoms with Gasteiger partial charge in [0.25, 0.3) is 5.91 Å². The highest BCUT2D eigenvalue weighted by atomic mass is 79.9. The number of halogens is 1. The summed E-state index contributed by atoms with van der Waals surface area (Å²) in [6.07, 6.45) is 0.751. The fraction of sp³-hybridized carbons (Fsp3) is 0.154.